The summed E-state index contributed by atoms with van der Waals surface area (Å²) < 4.78 is 39.2. The van der Waals surface area contributed by atoms with Gasteiger partial charge in [0.15, 0.2) is 5.69 Å². The number of carbonyl (C=O) groups excluding carboxylic acids is 1. The lowest BCUT2D eigenvalue weighted by molar-refractivity contribution is -0.123. The van der Waals surface area contributed by atoms with Crippen LogP contribution in [-0.2, 0) is 5.60 Å². The Hall–Kier alpha value is -3.14. The predicted octanol–water partition coefficient (Wildman–Crippen LogP) is 6.44. The highest BCUT2D eigenvalue weighted by molar-refractivity contribution is 7.18. The van der Waals surface area contributed by atoms with Gasteiger partial charge in [-0.1, -0.05) is 41.9 Å². The number of hydrogen-bond donors (Lipinski definition) is 2. The number of amides is 1. The molecule has 2 aromatic heterocycles. The quantitative estimate of drug-likeness (QED) is 0.308. The van der Waals surface area contributed by atoms with Gasteiger partial charge in [-0.05, 0) is 61.4 Å². The van der Waals surface area contributed by atoms with Crippen LogP contribution < -0.4 is 5.32 Å². The molecule has 0 saturated carbocycles. The maximum Gasteiger partial charge on any atom is 0.405 e. The Morgan fingerprint density at radius 3 is 2.46 bits per heavy atom. The Balaban J connectivity index is 1.76. The summed E-state index contributed by atoms with van der Waals surface area (Å²) in [5.74, 6) is -0.941. The highest BCUT2D eigenvalue weighted by atomic mass is 35.5. The lowest BCUT2D eigenvalue weighted by Crippen LogP contribution is -2.33. The molecule has 0 aliphatic rings. The number of para-hydroxylation sites is 1. The van der Waals surface area contributed by atoms with Crippen molar-refractivity contribution >= 4 is 28.8 Å². The third-order valence-electron chi connectivity index (χ3n) is 5.18. The molecule has 4 rings (SSSR count). The van der Waals surface area contributed by atoms with Crippen LogP contribution in [0.15, 0.2) is 66.7 Å². The minimum absolute atomic E-state index is 0.164. The van der Waals surface area contributed by atoms with E-state index in [0.717, 1.165) is 20.9 Å². The van der Waals surface area contributed by atoms with E-state index in [2.05, 4.69) is 5.10 Å². The van der Waals surface area contributed by atoms with Gasteiger partial charge < -0.3 is 10.4 Å². The van der Waals surface area contributed by atoms with Crippen LogP contribution in [0.2, 0.25) is 5.02 Å². The zero-order valence-electron chi connectivity index (χ0n) is 18.7. The van der Waals surface area contributed by atoms with Crippen molar-refractivity contribution in [3.8, 4) is 26.7 Å². The molecule has 0 radical (unpaired) electrons. The van der Waals surface area contributed by atoms with Gasteiger partial charge in [0.2, 0.25) is 0 Å². The number of halogens is 4. The second-order valence-electron chi connectivity index (χ2n) is 8.38. The largest absolute Gasteiger partial charge is 0.405 e. The normalized spacial score (nSPS) is 12.1. The first-order valence-electron chi connectivity index (χ1n) is 10.6. The lowest BCUT2D eigenvalue weighted by atomic mass is 9.96. The SMILES string of the molecule is CC(C)(O)c1cccc(-c2ccc(-c3cc(C(=O)NCC(F)(F)F)nn3-c3ccccc3Cl)s2)c1. The number of alkyl halides is 3. The highest BCUT2D eigenvalue weighted by Crippen LogP contribution is 2.37. The van der Waals surface area contributed by atoms with E-state index in [4.69, 9.17) is 11.6 Å². The summed E-state index contributed by atoms with van der Waals surface area (Å²) in [6.07, 6.45) is -4.54. The Kier molecular flexibility index (Phi) is 6.77. The number of hydrogen-bond acceptors (Lipinski definition) is 4. The summed E-state index contributed by atoms with van der Waals surface area (Å²) in [5.41, 5.74) is 1.48. The molecule has 4 aromatic rings. The van der Waals surface area contributed by atoms with E-state index in [1.54, 1.807) is 38.1 Å². The monoisotopic (exact) mass is 519 g/mol. The van der Waals surface area contributed by atoms with Crippen molar-refractivity contribution in [2.75, 3.05) is 6.54 Å². The first kappa shape index (κ1) is 25.0. The third kappa shape index (κ3) is 5.75. The molecule has 0 aliphatic carbocycles. The molecule has 10 heteroatoms. The fourth-order valence-corrected chi connectivity index (χ4v) is 4.65. The average molecular weight is 520 g/mol. The number of rotatable bonds is 6. The van der Waals surface area contributed by atoms with E-state index in [9.17, 15) is 23.1 Å². The minimum atomic E-state index is -4.54. The topological polar surface area (TPSA) is 67.2 Å². The highest BCUT2D eigenvalue weighted by Gasteiger charge is 2.29. The zero-order chi connectivity index (χ0) is 25.4. The summed E-state index contributed by atoms with van der Waals surface area (Å²) in [4.78, 5) is 14.1. The van der Waals surface area contributed by atoms with Crippen LogP contribution >= 0.6 is 22.9 Å². The molecule has 2 heterocycles. The van der Waals surface area contributed by atoms with E-state index in [1.165, 1.54) is 22.1 Å². The molecule has 1 amide bonds. The number of benzene rings is 2. The third-order valence-corrected chi connectivity index (χ3v) is 6.66. The van der Waals surface area contributed by atoms with Crippen LogP contribution in [0.3, 0.4) is 0 Å². The van der Waals surface area contributed by atoms with Crippen LogP contribution in [0.5, 0.6) is 0 Å². The van der Waals surface area contributed by atoms with E-state index in [0.29, 0.717) is 16.4 Å². The Labute approximate surface area is 208 Å². The van der Waals surface area contributed by atoms with E-state index in [1.807, 2.05) is 41.7 Å². The summed E-state index contributed by atoms with van der Waals surface area (Å²) in [6.45, 7) is 1.96. The molecule has 182 valence electrons. The second-order valence-corrected chi connectivity index (χ2v) is 9.87. The molecule has 0 unspecified atom stereocenters. The molecule has 2 aromatic carbocycles. The molecule has 0 fully saturated rings. The molecular formula is C25H21ClF3N3O2S. The Morgan fingerprint density at radius 2 is 1.77 bits per heavy atom. The number of aliphatic hydroxyl groups is 1. The van der Waals surface area contributed by atoms with Gasteiger partial charge in [0.1, 0.15) is 6.54 Å². The summed E-state index contributed by atoms with van der Waals surface area (Å²) in [6, 6.07) is 19.6. The van der Waals surface area contributed by atoms with E-state index >= 15 is 0 Å². The first-order valence-corrected chi connectivity index (χ1v) is 11.8. The van der Waals surface area contributed by atoms with Crippen molar-refractivity contribution < 1.29 is 23.1 Å². The van der Waals surface area contributed by atoms with Crippen LogP contribution in [0.25, 0.3) is 26.7 Å². The smallest absolute Gasteiger partial charge is 0.386 e. The first-order chi connectivity index (χ1) is 16.4. The second kappa shape index (κ2) is 9.49. The van der Waals surface area contributed by atoms with Crippen molar-refractivity contribution in [1.82, 2.24) is 15.1 Å². The van der Waals surface area contributed by atoms with E-state index in [-0.39, 0.29) is 5.69 Å². The standard InChI is InChI=1S/C25H21ClF3N3O2S/c1-24(2,34)16-7-5-6-15(12-16)21-10-11-22(35-21)20-13-18(23(33)30-14-25(27,28)29)31-32(20)19-9-4-3-8-17(19)26/h3-13,34H,14H2,1-2H3,(H,30,33). The van der Waals surface area contributed by atoms with Crippen molar-refractivity contribution in [3.05, 3.63) is 83.0 Å². The van der Waals surface area contributed by atoms with Gasteiger partial charge >= 0.3 is 6.18 Å². The fourth-order valence-electron chi connectivity index (χ4n) is 3.43. The van der Waals surface area contributed by atoms with Gasteiger partial charge in [-0.2, -0.15) is 18.3 Å². The molecule has 0 atom stereocenters. The Morgan fingerprint density at radius 1 is 1.06 bits per heavy atom. The maximum absolute atomic E-state index is 12.6. The van der Waals surface area contributed by atoms with Crippen LogP contribution in [0.4, 0.5) is 13.2 Å². The molecule has 2 N–H and O–H groups in total. The van der Waals surface area contributed by atoms with Crippen molar-refractivity contribution in [2.24, 2.45) is 0 Å². The Bertz CT molecular complexity index is 1370. The van der Waals surface area contributed by atoms with Crippen LogP contribution in [-0.4, -0.2) is 33.5 Å². The van der Waals surface area contributed by atoms with Gasteiger partial charge in [0.25, 0.3) is 5.91 Å². The number of nitrogens with one attached hydrogen (secondary N) is 1. The molecular weight excluding hydrogens is 499 g/mol. The van der Waals surface area contributed by atoms with Gasteiger partial charge in [-0.25, -0.2) is 4.68 Å². The van der Waals surface area contributed by atoms with E-state index < -0.39 is 24.2 Å². The summed E-state index contributed by atoms with van der Waals surface area (Å²) >= 11 is 7.78. The van der Waals surface area contributed by atoms with Crippen molar-refractivity contribution in [3.63, 3.8) is 0 Å². The maximum atomic E-state index is 12.6. The lowest BCUT2D eigenvalue weighted by Gasteiger charge is -2.18. The zero-order valence-corrected chi connectivity index (χ0v) is 20.3. The molecule has 0 spiro atoms. The minimum Gasteiger partial charge on any atom is -0.386 e. The molecule has 0 aliphatic heterocycles. The summed E-state index contributed by atoms with van der Waals surface area (Å²) in [7, 11) is 0. The number of nitrogens with zero attached hydrogens (tertiary/aromatic N) is 2. The van der Waals surface area contributed by atoms with Crippen LogP contribution in [0.1, 0.15) is 29.9 Å². The number of aromatic nitrogens is 2. The van der Waals surface area contributed by atoms with Gasteiger partial charge in [-0.15, -0.1) is 11.3 Å². The van der Waals surface area contributed by atoms with Crippen molar-refractivity contribution in [2.45, 2.75) is 25.6 Å². The average Bonchev–Trinajstić information content (AvgIpc) is 3.44. The van der Waals surface area contributed by atoms with Gasteiger partial charge in [-0.3, -0.25) is 4.79 Å². The van der Waals surface area contributed by atoms with Crippen molar-refractivity contribution in [1.29, 1.82) is 0 Å². The number of thiophene rings is 1. The molecule has 35 heavy (non-hydrogen) atoms. The van der Waals surface area contributed by atoms with Crippen LogP contribution in [0, 0.1) is 0 Å². The fraction of sp³-hybridized carbons (Fsp3) is 0.200. The molecule has 5 nitrogen and oxygen atoms in total. The number of carbonyl (C=O) groups is 1. The van der Waals surface area contributed by atoms with Gasteiger partial charge in [0, 0.05) is 4.88 Å². The molecule has 0 saturated heterocycles. The van der Waals surface area contributed by atoms with Gasteiger partial charge in [0.05, 0.1) is 26.9 Å². The summed E-state index contributed by atoms with van der Waals surface area (Å²) in [5, 5.41) is 16.8. The predicted molar refractivity (Wildman–Crippen MR) is 131 cm³/mol. The molecule has 0 bridgehead atoms.